The maximum absolute atomic E-state index is 14.2. The maximum Gasteiger partial charge on any atom is 0.357 e. The molecule has 2 aromatic carbocycles. The molecule has 222 valence electrons. The highest BCUT2D eigenvalue weighted by Gasteiger charge is 2.29. The second-order valence-electron chi connectivity index (χ2n) is 9.13. The van der Waals surface area contributed by atoms with E-state index in [1.54, 1.807) is 41.5 Å². The number of pyridine rings is 2. The van der Waals surface area contributed by atoms with Crippen LogP contribution < -0.4 is 29.5 Å². The van der Waals surface area contributed by atoms with Gasteiger partial charge in [-0.1, -0.05) is 6.07 Å². The van der Waals surface area contributed by atoms with E-state index in [0.29, 0.717) is 71.2 Å². The molecule has 2 aromatic heterocycles. The van der Waals surface area contributed by atoms with E-state index < -0.39 is 5.97 Å². The van der Waals surface area contributed by atoms with Crippen LogP contribution in [0.15, 0.2) is 59.5 Å². The SMILES string of the molecule is COC(=O)c1c(-c2cc(OC)c(OC)c(OC)c2)c2ccc(OCc3ccccn3)cc2c(=O)n1N1CCOCC1.Cl. The number of ether oxygens (including phenoxy) is 6. The molecule has 11 nitrogen and oxygen atoms in total. The second-order valence-corrected chi connectivity index (χ2v) is 9.13. The second kappa shape index (κ2) is 13.5. The molecule has 1 aliphatic rings. The van der Waals surface area contributed by atoms with E-state index in [1.165, 1.54) is 33.1 Å². The minimum atomic E-state index is -0.672. The lowest BCUT2D eigenvalue weighted by molar-refractivity contribution is 0.0580. The molecular weight excluding hydrogens is 566 g/mol. The largest absolute Gasteiger partial charge is 0.493 e. The summed E-state index contributed by atoms with van der Waals surface area (Å²) < 4.78 is 34.8. The number of nitrogens with zero attached hydrogens (tertiary/aromatic N) is 3. The van der Waals surface area contributed by atoms with Gasteiger partial charge in [-0.2, -0.15) is 0 Å². The third kappa shape index (κ3) is 5.79. The smallest absolute Gasteiger partial charge is 0.357 e. The number of methoxy groups -OCH3 is 4. The van der Waals surface area contributed by atoms with Crippen LogP contribution in [0.25, 0.3) is 21.9 Å². The van der Waals surface area contributed by atoms with Gasteiger partial charge < -0.3 is 33.4 Å². The summed E-state index contributed by atoms with van der Waals surface area (Å²) in [6, 6.07) is 14.2. The third-order valence-corrected chi connectivity index (χ3v) is 6.85. The van der Waals surface area contributed by atoms with Gasteiger partial charge in [0, 0.05) is 11.8 Å². The number of halogens is 1. The van der Waals surface area contributed by atoms with Crippen molar-refractivity contribution in [2.75, 3.05) is 59.8 Å². The average molecular weight is 598 g/mol. The molecule has 4 aromatic rings. The fraction of sp³-hybridized carbons (Fsp3) is 0.300. The molecule has 0 bridgehead atoms. The lowest BCUT2D eigenvalue weighted by atomic mass is 9.96. The van der Waals surface area contributed by atoms with Gasteiger partial charge in [-0.15, -0.1) is 12.4 Å². The van der Waals surface area contributed by atoms with E-state index in [0.717, 1.165) is 5.69 Å². The Morgan fingerprint density at radius 1 is 0.929 bits per heavy atom. The minimum absolute atomic E-state index is 0. The number of morpholine rings is 1. The standard InChI is InChI=1S/C30H31N3O8.ClH/c1-36-24-15-19(16-25(37-2)28(24)38-3)26-22-9-8-21(41-18-20-7-5-6-10-31-20)17-23(22)29(34)33(27(26)30(35)39-4)32-11-13-40-14-12-32;/h5-10,15-17H,11-14,18H2,1-4H3;1H. The zero-order valence-electron chi connectivity index (χ0n) is 23.7. The highest BCUT2D eigenvalue weighted by Crippen LogP contribution is 2.43. The van der Waals surface area contributed by atoms with Gasteiger partial charge in [-0.05, 0) is 53.4 Å². The number of esters is 1. The molecule has 1 fully saturated rings. The number of carbonyl (C=O) groups excluding carboxylic acids is 1. The van der Waals surface area contributed by atoms with Crippen LogP contribution >= 0.6 is 12.4 Å². The van der Waals surface area contributed by atoms with Gasteiger partial charge in [-0.25, -0.2) is 9.47 Å². The van der Waals surface area contributed by atoms with E-state index in [2.05, 4.69) is 4.98 Å². The third-order valence-electron chi connectivity index (χ3n) is 6.85. The molecule has 12 heteroatoms. The number of rotatable bonds is 9. The summed E-state index contributed by atoms with van der Waals surface area (Å²) in [5.41, 5.74) is 1.46. The van der Waals surface area contributed by atoms with Crippen molar-refractivity contribution in [1.29, 1.82) is 0 Å². The van der Waals surface area contributed by atoms with Crippen LogP contribution in [0.5, 0.6) is 23.0 Å². The molecule has 1 saturated heterocycles. The summed E-state index contributed by atoms with van der Waals surface area (Å²) in [4.78, 5) is 31.9. The highest BCUT2D eigenvalue weighted by atomic mass is 35.5. The molecule has 0 unspecified atom stereocenters. The summed E-state index contributed by atoms with van der Waals surface area (Å²) in [6.07, 6.45) is 1.69. The first-order chi connectivity index (χ1) is 20.0. The van der Waals surface area contributed by atoms with Crippen LogP contribution in [0.3, 0.4) is 0 Å². The lowest BCUT2D eigenvalue weighted by Gasteiger charge is -2.33. The van der Waals surface area contributed by atoms with Crippen molar-refractivity contribution in [2.24, 2.45) is 0 Å². The molecular formula is C30H32ClN3O8. The maximum atomic E-state index is 14.2. The van der Waals surface area contributed by atoms with Gasteiger partial charge >= 0.3 is 5.97 Å². The predicted molar refractivity (Wildman–Crippen MR) is 159 cm³/mol. The lowest BCUT2D eigenvalue weighted by Crippen LogP contribution is -2.51. The highest BCUT2D eigenvalue weighted by molar-refractivity contribution is 6.07. The quantitative estimate of drug-likeness (QED) is 0.264. The Bertz CT molecular complexity index is 1600. The van der Waals surface area contributed by atoms with E-state index in [1.807, 2.05) is 18.2 Å². The monoisotopic (exact) mass is 597 g/mol. The first kappa shape index (κ1) is 30.5. The van der Waals surface area contributed by atoms with E-state index in [9.17, 15) is 9.59 Å². The number of carbonyl (C=O) groups is 1. The number of hydrogen-bond acceptors (Lipinski definition) is 10. The van der Waals surface area contributed by atoms with Crippen molar-refractivity contribution in [3.05, 3.63) is 76.5 Å². The number of benzene rings is 2. The van der Waals surface area contributed by atoms with Gasteiger partial charge in [0.1, 0.15) is 12.4 Å². The molecule has 0 saturated carbocycles. The zero-order valence-corrected chi connectivity index (χ0v) is 24.6. The van der Waals surface area contributed by atoms with Crippen LogP contribution in [0.1, 0.15) is 16.2 Å². The molecule has 0 amide bonds. The summed E-state index contributed by atoms with van der Waals surface area (Å²) in [5.74, 6) is 0.995. The Kier molecular flexibility index (Phi) is 9.76. The van der Waals surface area contributed by atoms with Gasteiger partial charge in [0.05, 0.1) is 65.8 Å². The first-order valence-electron chi connectivity index (χ1n) is 13.0. The van der Waals surface area contributed by atoms with Crippen molar-refractivity contribution in [3.63, 3.8) is 0 Å². The molecule has 0 radical (unpaired) electrons. The van der Waals surface area contributed by atoms with Gasteiger partial charge in [0.2, 0.25) is 5.75 Å². The zero-order chi connectivity index (χ0) is 28.9. The summed E-state index contributed by atoms with van der Waals surface area (Å²) in [7, 11) is 5.83. The van der Waals surface area contributed by atoms with E-state index >= 15 is 0 Å². The normalized spacial score (nSPS) is 12.8. The van der Waals surface area contributed by atoms with Crippen LogP contribution in [0, 0.1) is 0 Å². The minimum Gasteiger partial charge on any atom is -0.493 e. The van der Waals surface area contributed by atoms with Crippen molar-refractivity contribution >= 4 is 29.1 Å². The van der Waals surface area contributed by atoms with Gasteiger partial charge in [-0.3, -0.25) is 9.78 Å². The molecule has 42 heavy (non-hydrogen) atoms. The molecule has 0 N–H and O–H groups in total. The van der Waals surface area contributed by atoms with Crippen LogP contribution in [-0.2, 0) is 16.1 Å². The van der Waals surface area contributed by atoms with Crippen molar-refractivity contribution in [3.8, 4) is 34.1 Å². The van der Waals surface area contributed by atoms with Crippen LogP contribution in [-0.4, -0.2) is 70.4 Å². The van der Waals surface area contributed by atoms with Gasteiger partial charge in [0.15, 0.2) is 17.2 Å². The van der Waals surface area contributed by atoms with E-state index in [4.69, 9.17) is 28.4 Å². The Morgan fingerprint density at radius 3 is 2.24 bits per heavy atom. The first-order valence-corrected chi connectivity index (χ1v) is 13.0. The Morgan fingerprint density at radius 2 is 1.64 bits per heavy atom. The number of hydrogen-bond donors (Lipinski definition) is 0. The van der Waals surface area contributed by atoms with Crippen molar-refractivity contribution < 1.29 is 33.2 Å². The Balaban J connectivity index is 0.00000405. The fourth-order valence-corrected chi connectivity index (χ4v) is 4.92. The molecule has 0 atom stereocenters. The predicted octanol–water partition coefficient (Wildman–Crippen LogP) is 3.84. The Labute approximate surface area is 248 Å². The van der Waals surface area contributed by atoms with Crippen molar-refractivity contribution in [2.45, 2.75) is 6.61 Å². The van der Waals surface area contributed by atoms with E-state index in [-0.39, 0.29) is 30.3 Å². The molecule has 1 aliphatic heterocycles. The summed E-state index contributed by atoms with van der Waals surface area (Å²) >= 11 is 0. The summed E-state index contributed by atoms with van der Waals surface area (Å²) in [6.45, 7) is 1.83. The fourth-order valence-electron chi connectivity index (χ4n) is 4.92. The molecule has 0 aliphatic carbocycles. The average Bonchev–Trinajstić information content (AvgIpc) is 3.03. The number of aromatic nitrogens is 2. The van der Waals surface area contributed by atoms with Gasteiger partial charge in [0.25, 0.3) is 5.56 Å². The molecule has 5 rings (SSSR count). The Hall–Kier alpha value is -4.48. The van der Waals surface area contributed by atoms with Crippen molar-refractivity contribution in [1.82, 2.24) is 9.66 Å². The number of fused-ring (bicyclic) bond motifs is 1. The molecule has 3 heterocycles. The van der Waals surface area contributed by atoms with Crippen LogP contribution in [0.4, 0.5) is 0 Å². The topological polar surface area (TPSA) is 111 Å². The molecule has 0 spiro atoms. The summed E-state index contributed by atoms with van der Waals surface area (Å²) in [5, 5.41) is 2.67. The van der Waals surface area contributed by atoms with Crippen LogP contribution in [0.2, 0.25) is 0 Å².